The van der Waals surface area contributed by atoms with Crippen molar-refractivity contribution in [3.8, 4) is 0 Å². The second-order valence-corrected chi connectivity index (χ2v) is 7.75. The molecule has 2 aromatic rings. The van der Waals surface area contributed by atoms with Gasteiger partial charge in [0.2, 0.25) is 0 Å². The highest BCUT2D eigenvalue weighted by Crippen LogP contribution is 2.40. The quantitative estimate of drug-likeness (QED) is 0.264. The minimum Gasteiger partial charge on any atom is -0.461 e. The van der Waals surface area contributed by atoms with Gasteiger partial charge in [-0.15, -0.1) is 11.6 Å². The summed E-state index contributed by atoms with van der Waals surface area (Å²) >= 11 is 5.66. The van der Waals surface area contributed by atoms with Crippen LogP contribution in [0.1, 0.15) is 30.9 Å². The number of nitrogens with one attached hydrogen (secondary N) is 1. The molecule has 2 aromatic carbocycles. The Hall–Kier alpha value is -3.65. The summed E-state index contributed by atoms with van der Waals surface area (Å²) in [6.07, 6.45) is 0. The summed E-state index contributed by atoms with van der Waals surface area (Å²) < 4.78 is 10.8. The van der Waals surface area contributed by atoms with Crippen molar-refractivity contribution < 1.29 is 24.0 Å². The number of rotatable bonds is 8. The number of halogens is 1. The molecule has 0 aromatic heterocycles. The predicted octanol–water partition coefficient (Wildman–Crippen LogP) is 4.36. The molecule has 8 nitrogen and oxygen atoms in total. The number of allylic oxidation sites excluding steroid dienone is 2. The van der Waals surface area contributed by atoms with E-state index in [-0.39, 0.29) is 35.9 Å². The van der Waals surface area contributed by atoms with Crippen molar-refractivity contribution in [2.75, 3.05) is 12.5 Å². The van der Waals surface area contributed by atoms with E-state index in [0.29, 0.717) is 17.0 Å². The van der Waals surface area contributed by atoms with Crippen molar-refractivity contribution in [1.29, 1.82) is 0 Å². The summed E-state index contributed by atoms with van der Waals surface area (Å²) in [5.74, 6) is -2.13. The Morgan fingerprint density at radius 1 is 1.00 bits per heavy atom. The molecule has 33 heavy (non-hydrogen) atoms. The first-order chi connectivity index (χ1) is 15.8. The number of alkyl halides is 1. The maximum atomic E-state index is 13.2. The van der Waals surface area contributed by atoms with E-state index in [9.17, 15) is 19.7 Å². The second kappa shape index (κ2) is 10.8. The second-order valence-electron chi connectivity index (χ2n) is 7.37. The average molecular weight is 471 g/mol. The summed E-state index contributed by atoms with van der Waals surface area (Å²) in [7, 11) is 0. The highest BCUT2D eigenvalue weighted by Gasteiger charge is 2.38. The van der Waals surface area contributed by atoms with Crippen LogP contribution in [0.25, 0.3) is 0 Å². The molecule has 1 aliphatic rings. The number of hydrogen-bond acceptors (Lipinski definition) is 7. The van der Waals surface area contributed by atoms with Gasteiger partial charge in [0.1, 0.15) is 13.2 Å². The fourth-order valence-corrected chi connectivity index (χ4v) is 3.77. The van der Waals surface area contributed by atoms with Crippen LogP contribution in [0.15, 0.2) is 77.1 Å². The van der Waals surface area contributed by atoms with Crippen LogP contribution in [0.5, 0.6) is 0 Å². The molecule has 0 radical (unpaired) electrons. The van der Waals surface area contributed by atoms with E-state index in [0.717, 1.165) is 5.56 Å². The maximum absolute atomic E-state index is 13.2. The molecule has 1 heterocycles. The van der Waals surface area contributed by atoms with Crippen LogP contribution in [-0.4, -0.2) is 29.3 Å². The smallest absolute Gasteiger partial charge is 0.337 e. The van der Waals surface area contributed by atoms with Gasteiger partial charge in [0.05, 0.1) is 27.9 Å². The van der Waals surface area contributed by atoms with Crippen LogP contribution in [-0.2, 0) is 25.7 Å². The first-order valence-electron chi connectivity index (χ1n) is 10.2. The number of carbonyl (C=O) groups is 2. The summed E-state index contributed by atoms with van der Waals surface area (Å²) in [5, 5.41) is 14.4. The maximum Gasteiger partial charge on any atom is 0.337 e. The zero-order valence-electron chi connectivity index (χ0n) is 18.2. The fraction of sp³-hybridized carbons (Fsp3) is 0.250. The van der Waals surface area contributed by atoms with Crippen LogP contribution >= 0.6 is 11.6 Å². The van der Waals surface area contributed by atoms with E-state index in [2.05, 4.69) is 5.32 Å². The van der Waals surface area contributed by atoms with E-state index in [1.54, 1.807) is 19.9 Å². The monoisotopic (exact) mass is 470 g/mol. The number of esters is 2. The average Bonchev–Trinajstić information content (AvgIpc) is 2.81. The van der Waals surface area contributed by atoms with Crippen molar-refractivity contribution in [1.82, 2.24) is 5.32 Å². The van der Waals surface area contributed by atoms with Gasteiger partial charge in [0, 0.05) is 23.5 Å². The molecule has 1 unspecified atom stereocenters. The lowest BCUT2D eigenvalue weighted by molar-refractivity contribution is -0.384. The Morgan fingerprint density at radius 2 is 1.64 bits per heavy atom. The molecule has 1 atom stereocenters. The number of non-ortho nitro benzene ring substituents is 1. The third-order valence-electron chi connectivity index (χ3n) is 5.14. The molecule has 0 fully saturated rings. The lowest BCUT2D eigenvalue weighted by atomic mass is 9.80. The van der Waals surface area contributed by atoms with Gasteiger partial charge in [0.25, 0.3) is 5.69 Å². The van der Waals surface area contributed by atoms with Crippen LogP contribution in [0.4, 0.5) is 5.69 Å². The van der Waals surface area contributed by atoms with E-state index in [1.165, 1.54) is 18.2 Å². The Balaban J connectivity index is 2.04. The number of benzene rings is 2. The fourth-order valence-electron chi connectivity index (χ4n) is 3.70. The summed E-state index contributed by atoms with van der Waals surface area (Å²) in [6, 6.07) is 15.0. The number of dihydropyridines is 1. The molecular formula is C24H23ClN2O6. The van der Waals surface area contributed by atoms with Crippen molar-refractivity contribution in [2.45, 2.75) is 26.4 Å². The molecule has 3 rings (SSSR count). The topological polar surface area (TPSA) is 108 Å². The van der Waals surface area contributed by atoms with Gasteiger partial charge < -0.3 is 14.8 Å². The molecule has 172 valence electrons. The zero-order chi connectivity index (χ0) is 24.0. The number of ether oxygens (including phenoxy) is 2. The number of nitro groups is 1. The third kappa shape index (κ3) is 5.59. The number of nitro benzene ring substituents is 1. The highest BCUT2D eigenvalue weighted by atomic mass is 35.5. The Morgan fingerprint density at radius 3 is 2.24 bits per heavy atom. The number of hydrogen-bond donors (Lipinski definition) is 1. The Kier molecular flexibility index (Phi) is 7.84. The lowest BCUT2D eigenvalue weighted by Gasteiger charge is -2.30. The van der Waals surface area contributed by atoms with Gasteiger partial charge in [-0.2, -0.15) is 0 Å². The van der Waals surface area contributed by atoms with Gasteiger partial charge in [-0.25, -0.2) is 9.59 Å². The van der Waals surface area contributed by atoms with Gasteiger partial charge in [-0.1, -0.05) is 42.5 Å². The minimum absolute atomic E-state index is 0.0185. The van der Waals surface area contributed by atoms with E-state index < -0.39 is 22.8 Å². The third-order valence-corrected chi connectivity index (χ3v) is 5.29. The zero-order valence-corrected chi connectivity index (χ0v) is 18.9. The van der Waals surface area contributed by atoms with Gasteiger partial charge in [-0.05, 0) is 25.0 Å². The van der Waals surface area contributed by atoms with Crippen molar-refractivity contribution in [2.24, 2.45) is 0 Å². The molecule has 1 N–H and O–H groups in total. The molecule has 0 saturated heterocycles. The van der Waals surface area contributed by atoms with Crippen LogP contribution in [0.2, 0.25) is 0 Å². The predicted molar refractivity (Wildman–Crippen MR) is 122 cm³/mol. The van der Waals surface area contributed by atoms with E-state index in [4.69, 9.17) is 21.1 Å². The SMILES string of the molecule is CC1=C(C(=O)OCCCl)C(c2cccc([N+](=O)[O-])c2)C(C(=O)OCc2ccccc2)=C(C)N1. The Bertz CT molecular complexity index is 1130. The summed E-state index contributed by atoms with van der Waals surface area (Å²) in [4.78, 5) is 37.0. The Labute approximate surface area is 196 Å². The molecule has 0 saturated carbocycles. The largest absolute Gasteiger partial charge is 0.461 e. The number of carbonyl (C=O) groups excluding carboxylic acids is 2. The molecular weight excluding hydrogens is 448 g/mol. The molecule has 9 heteroatoms. The summed E-state index contributed by atoms with van der Waals surface area (Å²) in [6.45, 7) is 3.38. The molecule has 1 aliphatic heterocycles. The van der Waals surface area contributed by atoms with Crippen LogP contribution in [0, 0.1) is 10.1 Å². The van der Waals surface area contributed by atoms with E-state index >= 15 is 0 Å². The van der Waals surface area contributed by atoms with Crippen LogP contribution < -0.4 is 5.32 Å². The highest BCUT2D eigenvalue weighted by molar-refractivity contribution is 6.18. The standard InChI is InChI=1S/C24H23ClN2O6/c1-15-20(23(28)32-12-11-25)22(18-9-6-10-19(13-18)27(30)31)21(16(2)26-15)24(29)33-14-17-7-4-3-5-8-17/h3-10,13,22,26H,11-12,14H2,1-2H3. The van der Waals surface area contributed by atoms with Crippen LogP contribution in [0.3, 0.4) is 0 Å². The molecule has 0 aliphatic carbocycles. The van der Waals surface area contributed by atoms with Gasteiger partial charge in [-0.3, -0.25) is 10.1 Å². The van der Waals surface area contributed by atoms with E-state index in [1.807, 2.05) is 30.3 Å². The van der Waals surface area contributed by atoms with Crippen molar-refractivity contribution in [3.63, 3.8) is 0 Å². The van der Waals surface area contributed by atoms with Crippen molar-refractivity contribution in [3.05, 3.63) is 98.4 Å². The van der Waals surface area contributed by atoms with Crippen molar-refractivity contribution >= 4 is 29.2 Å². The molecule has 0 spiro atoms. The lowest BCUT2D eigenvalue weighted by Crippen LogP contribution is -2.32. The normalized spacial score (nSPS) is 15.7. The van der Waals surface area contributed by atoms with Gasteiger partial charge in [0.15, 0.2) is 0 Å². The summed E-state index contributed by atoms with van der Waals surface area (Å²) in [5.41, 5.74) is 2.33. The first kappa shape index (κ1) is 24.0. The molecule has 0 amide bonds. The minimum atomic E-state index is -0.919. The number of nitrogens with zero attached hydrogens (tertiary/aromatic N) is 1. The molecule has 0 bridgehead atoms. The first-order valence-corrected chi connectivity index (χ1v) is 10.7. The van der Waals surface area contributed by atoms with Gasteiger partial charge >= 0.3 is 11.9 Å².